The van der Waals surface area contributed by atoms with Crippen molar-refractivity contribution in [2.24, 2.45) is 0 Å². The molecule has 103 heavy (non-hydrogen) atoms. The molecule has 46 heteroatoms. The number of carboxylic acid groups (broad SMARTS) is 9. The Labute approximate surface area is 700 Å². The van der Waals surface area contributed by atoms with E-state index in [1.165, 1.54) is 16.7 Å². The summed E-state index contributed by atoms with van der Waals surface area (Å²) >= 11 is -1.89. The van der Waals surface area contributed by atoms with Gasteiger partial charge in [0.05, 0.1) is 19.3 Å². The van der Waals surface area contributed by atoms with Crippen molar-refractivity contribution < 1.29 is 212 Å². The zero-order chi connectivity index (χ0) is 70.2. The smallest absolute Gasteiger partial charge is 0 e. The second-order valence-corrected chi connectivity index (χ2v) is 29.7. The SMILES string of the molecule is O=C(O)CCCNC(=O)CCC(=O)O.O=C(O)CCCNC(=O)CCC(=O)O.O=C(O)CCCNC(=O)CCC(=O)O.O=C(O)CCCc1ccccc1.O=C(O)CCCc1ccccc1.O=C(O)CCCc1ccccc1.[CH3-].[CH3-].[CH3-].[Cl][Pt+2][Cl].[Cl][Pt+2][Cl].[Cl][Pt][Cl].[Cl][Pt][Cl].[NH2-].[NH2-].[NH2-].[NH2-].[NH2-].[NH2-].[NH2-].[NH2-].[Pt].[Pt]. The molecule has 0 aliphatic carbocycles. The second-order valence-electron chi connectivity index (χ2n) is 16.6. The Morgan fingerprint density at radius 1 is 0.282 bits per heavy atom. The molecule has 0 saturated heterocycles. The number of carbonyl (C=O) groups is 12. The van der Waals surface area contributed by atoms with Crippen molar-refractivity contribution in [3.05, 3.63) is 179 Å². The summed E-state index contributed by atoms with van der Waals surface area (Å²) in [4.78, 5) is 124. The molecule has 28 N–H and O–H groups in total. The van der Waals surface area contributed by atoms with Crippen LogP contribution in [0, 0.1) is 22.3 Å². The minimum Gasteiger partial charge on any atom is -0.693 e. The summed E-state index contributed by atoms with van der Waals surface area (Å²) < 4.78 is 0. The summed E-state index contributed by atoms with van der Waals surface area (Å²) in [7, 11) is 39.0. The minimum atomic E-state index is -1.02. The Morgan fingerprint density at radius 3 is 0.553 bits per heavy atom. The zero-order valence-corrected chi connectivity index (χ0v) is 75.8. The van der Waals surface area contributed by atoms with Crippen LogP contribution in [0.1, 0.15) is 132 Å². The van der Waals surface area contributed by atoms with Crippen LogP contribution in [0.15, 0.2) is 91.0 Å². The van der Waals surface area contributed by atoms with Gasteiger partial charge in [-0.25, -0.2) is 0 Å². The fourth-order valence-electron chi connectivity index (χ4n) is 5.59. The fraction of sp³-hybridized carbons (Fsp3) is 0.421. The Bertz CT molecular complexity index is 2130. The first-order valence-electron chi connectivity index (χ1n) is 25.8. The summed E-state index contributed by atoms with van der Waals surface area (Å²) in [5, 5.41) is 82.0. The molecule has 0 radical (unpaired) electrons. The van der Waals surface area contributed by atoms with Crippen LogP contribution in [0.2, 0.25) is 0 Å². The van der Waals surface area contributed by atoms with Gasteiger partial charge in [0.1, 0.15) is 0 Å². The number of hydrogen-bond acceptors (Lipinski definition) is 12. The molecule has 3 rings (SSSR count). The molecule has 0 saturated carbocycles. The first-order valence-corrected chi connectivity index (χ1v) is 48.3. The van der Waals surface area contributed by atoms with Crippen LogP contribution in [-0.2, 0) is 185 Å². The van der Waals surface area contributed by atoms with Gasteiger partial charge < -0.3 is 133 Å². The molecule has 32 nitrogen and oxygen atoms in total. The van der Waals surface area contributed by atoms with E-state index >= 15 is 0 Å². The molecule has 0 heterocycles. The van der Waals surface area contributed by atoms with E-state index in [-0.39, 0.29) is 228 Å². The number of benzene rings is 3. The van der Waals surface area contributed by atoms with E-state index in [4.69, 9.17) is 121 Å². The van der Waals surface area contributed by atoms with E-state index in [9.17, 15) is 57.5 Å². The van der Waals surface area contributed by atoms with Gasteiger partial charge in [-0.1, -0.05) is 91.0 Å². The summed E-state index contributed by atoms with van der Waals surface area (Å²) in [5.41, 5.74) is 3.62. The molecule has 0 fully saturated rings. The second kappa shape index (κ2) is 123. The van der Waals surface area contributed by atoms with Gasteiger partial charge in [-0.2, -0.15) is 0 Å². The first kappa shape index (κ1) is 153. The van der Waals surface area contributed by atoms with Crippen LogP contribution in [0.25, 0.3) is 49.2 Å². The average Bonchev–Trinajstić information content (AvgIpc) is 1.11. The van der Waals surface area contributed by atoms with Crippen molar-refractivity contribution in [3.63, 3.8) is 0 Å². The molecule has 0 aliphatic heterocycles. The maximum atomic E-state index is 10.9. The van der Waals surface area contributed by atoms with Gasteiger partial charge in [0.15, 0.2) is 0 Å². The number of aryl methyl sites for hydroxylation is 3. The molecule has 0 unspecified atom stereocenters. The number of rotatable bonds is 33. The van der Waals surface area contributed by atoms with Gasteiger partial charge in [0, 0.05) is 120 Å². The van der Waals surface area contributed by atoms with Crippen molar-refractivity contribution in [3.8, 4) is 0 Å². The summed E-state index contributed by atoms with van der Waals surface area (Å²) in [6.07, 6.45) is 5.76. The van der Waals surface area contributed by atoms with Gasteiger partial charge in [0.2, 0.25) is 17.7 Å². The molecular formula is C57H100Cl8N11O21Pt6-7. The number of nitrogens with two attached hydrogens (primary N) is 8. The molecule has 632 valence electrons. The van der Waals surface area contributed by atoms with Gasteiger partial charge in [-0.3, -0.25) is 57.5 Å². The van der Waals surface area contributed by atoms with E-state index < -0.39 is 120 Å². The number of halogens is 8. The van der Waals surface area contributed by atoms with Crippen molar-refractivity contribution in [2.45, 2.75) is 135 Å². The Morgan fingerprint density at radius 2 is 0.417 bits per heavy atom. The van der Waals surface area contributed by atoms with E-state index in [1.807, 2.05) is 91.0 Å². The number of hydrogen-bond donors (Lipinski definition) is 12. The number of aliphatic carboxylic acids is 9. The van der Waals surface area contributed by atoms with Crippen molar-refractivity contribution >= 4 is 147 Å². The first-order chi connectivity index (χ1) is 42.6. The molecule has 0 atom stereocenters. The largest absolute Gasteiger partial charge is 0.693 e. The third kappa shape index (κ3) is 166. The topological polar surface area (TPSA) is 691 Å². The van der Waals surface area contributed by atoms with Crippen LogP contribution in [0.5, 0.6) is 0 Å². The molecule has 3 aromatic carbocycles. The number of carboxylic acids is 9. The summed E-state index contributed by atoms with van der Waals surface area (Å²) in [5.74, 6) is -9.04. The van der Waals surface area contributed by atoms with E-state index in [0.717, 1.165) is 38.5 Å². The van der Waals surface area contributed by atoms with Crippen LogP contribution < -0.4 is 16.0 Å². The van der Waals surface area contributed by atoms with Crippen LogP contribution in [0.4, 0.5) is 0 Å². The average molecular weight is 2730 g/mol. The third-order valence-corrected chi connectivity index (χ3v) is 9.46. The van der Waals surface area contributed by atoms with E-state index in [2.05, 4.69) is 16.0 Å². The summed E-state index contributed by atoms with van der Waals surface area (Å²) in [6, 6.07) is 29.8. The molecule has 0 spiro atoms. The zero-order valence-electron chi connectivity index (χ0n) is 56.1. The number of carbonyl (C=O) groups excluding carboxylic acids is 3. The number of amides is 3. The maximum Gasteiger partial charge on any atom is 0 e. The molecule has 0 aromatic heterocycles. The Hall–Kier alpha value is -2.57. The molecular weight excluding hydrogens is 2630 g/mol. The predicted octanol–water partition coefficient (Wildman–Crippen LogP) is 18.4. The van der Waals surface area contributed by atoms with Crippen molar-refractivity contribution in [2.75, 3.05) is 19.6 Å². The Balaban J connectivity index is -0.0000000421. The van der Waals surface area contributed by atoms with Crippen molar-refractivity contribution in [1.29, 1.82) is 0 Å². The quantitative estimate of drug-likeness (QED) is 0.0199. The van der Waals surface area contributed by atoms with Crippen LogP contribution >= 0.6 is 75.3 Å². The third-order valence-electron chi connectivity index (χ3n) is 9.46. The molecule has 3 aromatic rings. The van der Waals surface area contributed by atoms with Crippen LogP contribution in [0.3, 0.4) is 0 Å². The maximum absolute atomic E-state index is 10.9. The van der Waals surface area contributed by atoms with E-state index in [1.54, 1.807) is 0 Å². The van der Waals surface area contributed by atoms with E-state index in [0.29, 0.717) is 19.3 Å². The normalized spacial score (nSPS) is 8.08. The van der Waals surface area contributed by atoms with Gasteiger partial charge in [0.25, 0.3) is 0 Å². The predicted molar refractivity (Wildman–Crippen MR) is 390 cm³/mol. The van der Waals surface area contributed by atoms with Gasteiger partial charge >= 0.3 is 195 Å². The fourth-order valence-corrected chi connectivity index (χ4v) is 5.59. The van der Waals surface area contributed by atoms with Gasteiger partial charge in [-0.15, -0.1) is 0 Å². The van der Waals surface area contributed by atoms with Crippen LogP contribution in [-0.4, -0.2) is 137 Å². The van der Waals surface area contributed by atoms with Crippen molar-refractivity contribution in [1.82, 2.24) is 16.0 Å². The molecule has 0 aliphatic rings. The monoisotopic (exact) mass is 2720 g/mol. The van der Waals surface area contributed by atoms with Gasteiger partial charge in [-0.05, 0) is 74.5 Å². The standard InChI is InChI=1S/3C10H12O2.3C8H13NO5.3CH3.8ClH.8H2N.6Pt/c3*11-10(12)8-4-7-9-5-2-1-3-6-9;3*10-6(3-4-8(13)14)9-5-1-2-7(11)12;;;;;;;;;;;;;;;;;;;;;;;;;/h3*1-3,5-6H,4,7-8H2,(H,11,12);3*1-5H2,(H,9,10)(H,11,12)(H,13,14);3*1H3;8*1H;8*1H2;;;;;;/q;;;;;;3*-1;;;;;;;;;8*-1;;;2*+2;2*+4/p-8. The Kier molecular flexibility index (Phi) is 184. The molecule has 3 amide bonds. The minimum absolute atomic E-state index is 0. The number of nitrogens with one attached hydrogen (secondary N) is 3. The summed E-state index contributed by atoms with van der Waals surface area (Å²) in [6.45, 7) is 0.806. The molecule has 0 bridgehead atoms.